The summed E-state index contributed by atoms with van der Waals surface area (Å²) >= 11 is 1.81. The summed E-state index contributed by atoms with van der Waals surface area (Å²) in [6, 6.07) is 0. The number of H-pyrrole nitrogens is 1. The summed E-state index contributed by atoms with van der Waals surface area (Å²) in [4.78, 5) is 11.8. The molecule has 16 heavy (non-hydrogen) atoms. The summed E-state index contributed by atoms with van der Waals surface area (Å²) in [5.41, 5.74) is 2.26. The minimum Gasteiger partial charge on any atom is -0.352 e. The fraction of sp³-hybridized carbons (Fsp3) is 0.636. The topological polar surface area (TPSA) is 57.8 Å². The number of amides is 1. The first-order valence-electron chi connectivity index (χ1n) is 5.38. The number of nitrogens with zero attached hydrogens (tertiary/aromatic N) is 1. The van der Waals surface area contributed by atoms with Crippen molar-refractivity contribution in [1.29, 1.82) is 0 Å². The van der Waals surface area contributed by atoms with Crippen LogP contribution in [0.2, 0.25) is 0 Å². The average molecular weight is 241 g/mol. The lowest BCUT2D eigenvalue weighted by atomic mass is 10.2. The molecule has 90 valence electrons. The van der Waals surface area contributed by atoms with Crippen molar-refractivity contribution in [2.24, 2.45) is 0 Å². The lowest BCUT2D eigenvalue weighted by Gasteiger charge is -2.09. The molecule has 1 amide bonds. The van der Waals surface area contributed by atoms with Crippen LogP contribution in [0.1, 0.15) is 35.1 Å². The van der Waals surface area contributed by atoms with Gasteiger partial charge in [-0.25, -0.2) is 0 Å². The van der Waals surface area contributed by atoms with Crippen LogP contribution in [0.5, 0.6) is 0 Å². The third kappa shape index (κ3) is 3.27. The van der Waals surface area contributed by atoms with Gasteiger partial charge in [-0.15, -0.1) is 0 Å². The molecule has 0 aliphatic rings. The van der Waals surface area contributed by atoms with Gasteiger partial charge in [-0.1, -0.05) is 6.92 Å². The number of thioether (sulfide) groups is 1. The molecule has 0 aliphatic heterocycles. The molecule has 0 saturated carbocycles. The lowest BCUT2D eigenvalue weighted by Crippen LogP contribution is -2.26. The summed E-state index contributed by atoms with van der Waals surface area (Å²) < 4.78 is 0. The largest absolute Gasteiger partial charge is 0.352 e. The lowest BCUT2D eigenvalue weighted by molar-refractivity contribution is 0.0952. The van der Waals surface area contributed by atoms with E-state index in [9.17, 15) is 4.79 Å². The normalized spacial score (nSPS) is 12.5. The molecule has 0 fully saturated rings. The molecule has 1 heterocycles. The van der Waals surface area contributed by atoms with Gasteiger partial charge in [-0.2, -0.15) is 16.9 Å². The predicted molar refractivity (Wildman–Crippen MR) is 68.0 cm³/mol. The van der Waals surface area contributed by atoms with Gasteiger partial charge in [-0.05, 0) is 26.5 Å². The Morgan fingerprint density at radius 1 is 1.56 bits per heavy atom. The van der Waals surface area contributed by atoms with Gasteiger partial charge < -0.3 is 5.32 Å². The van der Waals surface area contributed by atoms with Crippen LogP contribution in [0.3, 0.4) is 0 Å². The second-order valence-electron chi connectivity index (χ2n) is 3.90. The Bertz CT molecular complexity index is 343. The average Bonchev–Trinajstić information content (AvgIpc) is 2.58. The monoisotopic (exact) mass is 241 g/mol. The number of aryl methyl sites for hydroxylation is 2. The highest BCUT2D eigenvalue weighted by molar-refractivity contribution is 7.99. The third-order valence-electron chi connectivity index (χ3n) is 2.59. The van der Waals surface area contributed by atoms with Gasteiger partial charge in [0.25, 0.3) is 5.91 Å². The zero-order chi connectivity index (χ0) is 12.1. The van der Waals surface area contributed by atoms with Crippen molar-refractivity contribution in [3.05, 3.63) is 17.0 Å². The van der Waals surface area contributed by atoms with E-state index in [0.717, 1.165) is 17.8 Å². The maximum atomic E-state index is 11.8. The van der Waals surface area contributed by atoms with Crippen molar-refractivity contribution < 1.29 is 4.79 Å². The summed E-state index contributed by atoms with van der Waals surface area (Å²) in [5.74, 6) is -0.0305. The van der Waals surface area contributed by atoms with Crippen molar-refractivity contribution in [2.45, 2.75) is 32.4 Å². The van der Waals surface area contributed by atoms with E-state index in [-0.39, 0.29) is 5.91 Å². The van der Waals surface area contributed by atoms with Gasteiger partial charge in [-0.3, -0.25) is 9.89 Å². The fourth-order valence-electron chi connectivity index (χ4n) is 1.48. The van der Waals surface area contributed by atoms with Crippen LogP contribution in [0, 0.1) is 13.8 Å². The Labute approximate surface area is 101 Å². The molecule has 4 nitrogen and oxygen atoms in total. The van der Waals surface area contributed by atoms with Crippen molar-refractivity contribution in [3.63, 3.8) is 0 Å². The number of aromatic amines is 1. The first-order valence-corrected chi connectivity index (χ1v) is 6.67. The van der Waals surface area contributed by atoms with Gasteiger partial charge in [0, 0.05) is 17.5 Å². The van der Waals surface area contributed by atoms with Crippen LogP contribution >= 0.6 is 11.8 Å². The Morgan fingerprint density at radius 2 is 2.25 bits per heavy atom. The fourth-order valence-corrected chi connectivity index (χ4v) is 1.83. The van der Waals surface area contributed by atoms with Crippen LogP contribution < -0.4 is 5.32 Å². The minimum absolute atomic E-state index is 0.0305. The smallest absolute Gasteiger partial charge is 0.255 e. The predicted octanol–water partition coefficient (Wildman–Crippen LogP) is 1.90. The van der Waals surface area contributed by atoms with Gasteiger partial charge in [0.1, 0.15) is 0 Å². The molecule has 2 N–H and O–H groups in total. The summed E-state index contributed by atoms with van der Waals surface area (Å²) in [5, 5.41) is 10.3. The molecular formula is C11H19N3OS. The van der Waals surface area contributed by atoms with Crippen LogP contribution in [0.25, 0.3) is 0 Å². The van der Waals surface area contributed by atoms with Crippen LogP contribution in [-0.4, -0.2) is 34.2 Å². The zero-order valence-corrected chi connectivity index (χ0v) is 11.1. The highest BCUT2D eigenvalue weighted by atomic mass is 32.2. The molecular weight excluding hydrogens is 222 g/mol. The molecule has 5 heteroatoms. The van der Waals surface area contributed by atoms with E-state index in [1.54, 1.807) is 0 Å². The van der Waals surface area contributed by atoms with E-state index in [2.05, 4.69) is 28.7 Å². The molecule has 1 atom stereocenters. The van der Waals surface area contributed by atoms with Crippen molar-refractivity contribution in [3.8, 4) is 0 Å². The third-order valence-corrected chi connectivity index (χ3v) is 3.63. The highest BCUT2D eigenvalue weighted by Crippen LogP contribution is 2.10. The van der Waals surface area contributed by atoms with Crippen molar-refractivity contribution in [1.82, 2.24) is 15.5 Å². The molecule has 0 bridgehead atoms. The molecule has 1 unspecified atom stereocenters. The number of aromatic nitrogens is 2. The first-order chi connectivity index (χ1) is 7.56. The molecule has 0 radical (unpaired) electrons. The van der Waals surface area contributed by atoms with Crippen LogP contribution in [-0.2, 0) is 0 Å². The van der Waals surface area contributed by atoms with E-state index in [0.29, 0.717) is 17.4 Å². The van der Waals surface area contributed by atoms with E-state index < -0.39 is 0 Å². The Morgan fingerprint density at radius 3 is 2.75 bits per heavy atom. The van der Waals surface area contributed by atoms with Gasteiger partial charge in [0.2, 0.25) is 0 Å². The molecule has 1 aromatic heterocycles. The minimum atomic E-state index is -0.0305. The zero-order valence-electron chi connectivity index (χ0n) is 10.3. The standard InChI is InChI=1S/C11H19N3OS/c1-7(16-4)5-6-12-11(15)10-8(2)13-14-9(10)3/h7H,5-6H2,1-4H3,(H,12,15)(H,13,14). The molecule has 1 rings (SSSR count). The molecule has 0 aliphatic carbocycles. The second kappa shape index (κ2) is 5.94. The summed E-state index contributed by atoms with van der Waals surface area (Å²) in [6.07, 6.45) is 3.07. The van der Waals surface area contributed by atoms with Gasteiger partial charge >= 0.3 is 0 Å². The first kappa shape index (κ1) is 13.1. The Hall–Kier alpha value is -0.970. The number of carbonyl (C=O) groups is 1. The SMILES string of the molecule is CSC(C)CCNC(=O)c1c(C)n[nH]c1C. The number of carbonyl (C=O) groups excluding carboxylic acids is 1. The second-order valence-corrected chi connectivity index (χ2v) is 5.18. The Kier molecular flexibility index (Phi) is 4.86. The van der Waals surface area contributed by atoms with E-state index in [1.165, 1.54) is 0 Å². The molecule has 0 saturated heterocycles. The number of hydrogen-bond acceptors (Lipinski definition) is 3. The van der Waals surface area contributed by atoms with Crippen molar-refractivity contribution >= 4 is 17.7 Å². The highest BCUT2D eigenvalue weighted by Gasteiger charge is 2.14. The van der Waals surface area contributed by atoms with Crippen molar-refractivity contribution in [2.75, 3.05) is 12.8 Å². The summed E-state index contributed by atoms with van der Waals surface area (Å²) in [6.45, 7) is 6.57. The van der Waals surface area contributed by atoms with Crippen LogP contribution in [0.4, 0.5) is 0 Å². The van der Waals surface area contributed by atoms with Gasteiger partial charge in [0.15, 0.2) is 0 Å². The van der Waals surface area contributed by atoms with E-state index in [4.69, 9.17) is 0 Å². The molecule has 0 spiro atoms. The van der Waals surface area contributed by atoms with E-state index in [1.807, 2.05) is 25.6 Å². The molecule has 0 aromatic carbocycles. The quantitative estimate of drug-likeness (QED) is 0.827. The van der Waals surface area contributed by atoms with Gasteiger partial charge in [0.05, 0.1) is 11.3 Å². The Balaban J connectivity index is 2.47. The maximum absolute atomic E-state index is 11.8. The maximum Gasteiger partial charge on any atom is 0.255 e. The van der Waals surface area contributed by atoms with Crippen LogP contribution in [0.15, 0.2) is 0 Å². The molecule has 1 aromatic rings. The van der Waals surface area contributed by atoms with E-state index >= 15 is 0 Å². The summed E-state index contributed by atoms with van der Waals surface area (Å²) in [7, 11) is 0. The number of rotatable bonds is 5. The number of nitrogens with one attached hydrogen (secondary N) is 2. The number of hydrogen-bond donors (Lipinski definition) is 2.